The number of thioether (sulfide) groups is 1. The summed E-state index contributed by atoms with van der Waals surface area (Å²) >= 11 is 0.981. The predicted octanol–water partition coefficient (Wildman–Crippen LogP) is 4.39. The number of amides is 6. The molecule has 21 nitrogen and oxygen atoms in total. The van der Waals surface area contributed by atoms with Crippen LogP contribution in [0.1, 0.15) is 90.4 Å². The highest BCUT2D eigenvalue weighted by molar-refractivity contribution is 8.00. The molecule has 1 unspecified atom stereocenters. The van der Waals surface area contributed by atoms with Crippen molar-refractivity contribution in [2.45, 2.75) is 97.8 Å². The Bertz CT molecular complexity index is 2510. The third kappa shape index (κ3) is 22.3. The second-order valence-corrected chi connectivity index (χ2v) is 21.6. The zero-order valence-electron chi connectivity index (χ0n) is 46.4. The number of nitrogens with zero attached hydrogens (tertiary/aromatic N) is 3. The summed E-state index contributed by atoms with van der Waals surface area (Å²) in [6.07, 6.45) is 1.39. The van der Waals surface area contributed by atoms with Crippen LogP contribution < -0.4 is 21.7 Å². The molecule has 0 saturated carbocycles. The fourth-order valence-corrected chi connectivity index (χ4v) is 9.73. The number of imide groups is 1. The molecule has 80 heavy (non-hydrogen) atoms. The molecule has 2 aromatic carbocycles. The lowest BCUT2D eigenvalue weighted by Gasteiger charge is -2.41. The number of hydrogen-bond donors (Lipinski definition) is 6. The van der Waals surface area contributed by atoms with Gasteiger partial charge in [-0.05, 0) is 60.5 Å². The minimum Gasteiger partial charge on any atom is -0.480 e. The van der Waals surface area contributed by atoms with E-state index in [2.05, 4.69) is 16.0 Å². The van der Waals surface area contributed by atoms with Gasteiger partial charge in [-0.3, -0.25) is 33.7 Å². The van der Waals surface area contributed by atoms with Crippen LogP contribution in [0.3, 0.4) is 0 Å². The van der Waals surface area contributed by atoms with E-state index in [4.69, 9.17) is 24.7 Å². The summed E-state index contributed by atoms with van der Waals surface area (Å²) in [5.74, 6) is -7.24. The maximum atomic E-state index is 15.2. The SMILES string of the molecule is CC(C)C1CC(=O)N(CCC(=O)NCCOCCOCCOCCOCCC(=O)N[C@@H](CCC(=O)N[C@@H](CSCC(=O)N(CCCN)[C@@H](c2cc(-c3cc(F)ccc3F)cn2Cc2ccccc2)C(C)(C)C)C(=O)O)C(=O)O)C1=O. The van der Waals surface area contributed by atoms with Crippen molar-refractivity contribution in [3.05, 3.63) is 83.7 Å². The zero-order chi connectivity index (χ0) is 58.8. The lowest BCUT2D eigenvalue weighted by Crippen LogP contribution is -2.46. The summed E-state index contributed by atoms with van der Waals surface area (Å²) in [6.45, 7) is 12.4. The molecule has 2 heterocycles. The highest BCUT2D eigenvalue weighted by Crippen LogP contribution is 2.41. The van der Waals surface area contributed by atoms with E-state index in [1.54, 1.807) is 17.2 Å². The molecule has 442 valence electrons. The average molecular weight is 1140 g/mol. The van der Waals surface area contributed by atoms with Crippen LogP contribution in [0.4, 0.5) is 8.78 Å². The highest BCUT2D eigenvalue weighted by Gasteiger charge is 2.40. The van der Waals surface area contributed by atoms with Crippen LogP contribution in [0.5, 0.6) is 0 Å². The van der Waals surface area contributed by atoms with Gasteiger partial charge in [0.2, 0.25) is 35.4 Å². The fourth-order valence-electron chi connectivity index (χ4n) is 8.81. The fraction of sp³-hybridized carbons (Fsp3) is 0.571. The van der Waals surface area contributed by atoms with Crippen molar-refractivity contribution >= 4 is 59.1 Å². The summed E-state index contributed by atoms with van der Waals surface area (Å²) in [6, 6.07) is 11.0. The van der Waals surface area contributed by atoms with E-state index in [0.717, 1.165) is 40.4 Å². The maximum Gasteiger partial charge on any atom is 0.327 e. The Kier molecular flexibility index (Phi) is 28.2. The summed E-state index contributed by atoms with van der Waals surface area (Å²) in [7, 11) is 0. The molecule has 1 saturated heterocycles. The number of carboxylic acid groups (broad SMARTS) is 2. The number of ether oxygens (including phenoxy) is 4. The van der Waals surface area contributed by atoms with Crippen LogP contribution >= 0.6 is 11.8 Å². The van der Waals surface area contributed by atoms with Gasteiger partial charge in [-0.1, -0.05) is 65.0 Å². The van der Waals surface area contributed by atoms with Gasteiger partial charge in [0, 0.05) is 86.6 Å². The molecule has 1 aliphatic heterocycles. The number of aliphatic carboxylic acids is 2. The smallest absolute Gasteiger partial charge is 0.327 e. The molecule has 0 radical (unpaired) electrons. The quantitative estimate of drug-likeness (QED) is 0.0343. The lowest BCUT2D eigenvalue weighted by molar-refractivity contribution is -0.143. The number of hydrogen-bond acceptors (Lipinski definition) is 14. The second kappa shape index (κ2) is 34.1. The largest absolute Gasteiger partial charge is 0.480 e. The molecule has 24 heteroatoms. The first kappa shape index (κ1) is 66.2. The Morgan fingerprint density at radius 1 is 0.800 bits per heavy atom. The van der Waals surface area contributed by atoms with Crippen molar-refractivity contribution in [3.63, 3.8) is 0 Å². The van der Waals surface area contributed by atoms with Crippen LogP contribution in [0, 0.1) is 28.9 Å². The minimum atomic E-state index is -1.46. The van der Waals surface area contributed by atoms with Crippen LogP contribution in [-0.2, 0) is 63.8 Å². The van der Waals surface area contributed by atoms with Crippen LogP contribution in [0.25, 0.3) is 11.1 Å². The van der Waals surface area contributed by atoms with Crippen molar-refractivity contribution in [1.82, 2.24) is 30.3 Å². The molecular weight excluding hydrogens is 1060 g/mol. The van der Waals surface area contributed by atoms with E-state index in [1.165, 1.54) is 0 Å². The molecule has 7 N–H and O–H groups in total. The third-order valence-electron chi connectivity index (χ3n) is 12.9. The molecule has 4 atom stereocenters. The number of likely N-dealkylation sites (tertiary alicyclic amines) is 1. The molecule has 6 amide bonds. The van der Waals surface area contributed by atoms with Gasteiger partial charge in [0.25, 0.3) is 0 Å². The van der Waals surface area contributed by atoms with Gasteiger partial charge in [0.05, 0.1) is 64.6 Å². The van der Waals surface area contributed by atoms with E-state index < -0.39 is 65.3 Å². The molecular formula is C56H79F2N7O14S. The first-order chi connectivity index (χ1) is 38.1. The van der Waals surface area contributed by atoms with Crippen molar-refractivity contribution in [3.8, 4) is 11.1 Å². The molecule has 0 aliphatic carbocycles. The average Bonchev–Trinajstić information content (AvgIpc) is 3.94. The van der Waals surface area contributed by atoms with E-state index in [9.17, 15) is 53.0 Å². The van der Waals surface area contributed by atoms with E-state index >= 15 is 4.39 Å². The number of carboxylic acids is 2. The first-order valence-electron chi connectivity index (χ1n) is 26.8. The van der Waals surface area contributed by atoms with Crippen molar-refractivity contribution < 1.29 is 76.3 Å². The molecule has 0 spiro atoms. The Morgan fingerprint density at radius 2 is 1.41 bits per heavy atom. The third-order valence-corrected chi connectivity index (χ3v) is 14.0. The Morgan fingerprint density at radius 3 is 2.01 bits per heavy atom. The number of aromatic nitrogens is 1. The van der Waals surface area contributed by atoms with E-state index in [0.29, 0.717) is 24.2 Å². The van der Waals surface area contributed by atoms with Gasteiger partial charge >= 0.3 is 11.9 Å². The topological polar surface area (TPSA) is 287 Å². The van der Waals surface area contributed by atoms with Crippen LogP contribution in [0.15, 0.2) is 60.8 Å². The number of nitrogens with two attached hydrogens (primary N) is 1. The van der Waals surface area contributed by atoms with Gasteiger partial charge in [-0.15, -0.1) is 11.8 Å². The predicted molar refractivity (Wildman–Crippen MR) is 294 cm³/mol. The molecule has 3 aromatic rings. The highest BCUT2D eigenvalue weighted by atomic mass is 32.2. The van der Waals surface area contributed by atoms with Crippen molar-refractivity contribution in [2.75, 3.05) is 90.5 Å². The zero-order valence-corrected chi connectivity index (χ0v) is 47.2. The molecule has 1 fully saturated rings. The maximum absolute atomic E-state index is 15.2. The summed E-state index contributed by atoms with van der Waals surface area (Å²) in [4.78, 5) is 104. The van der Waals surface area contributed by atoms with Gasteiger partial charge in [-0.2, -0.15) is 0 Å². The monoisotopic (exact) mass is 1140 g/mol. The molecule has 1 aromatic heterocycles. The normalized spacial score (nSPS) is 14.7. The van der Waals surface area contributed by atoms with Gasteiger partial charge < -0.3 is 60.3 Å². The second-order valence-electron chi connectivity index (χ2n) is 20.6. The summed E-state index contributed by atoms with van der Waals surface area (Å²) < 4.78 is 53.3. The molecule has 1 aliphatic rings. The molecule has 0 bridgehead atoms. The van der Waals surface area contributed by atoms with E-state index in [-0.39, 0.29) is 157 Å². The summed E-state index contributed by atoms with van der Waals surface area (Å²) in [5, 5.41) is 27.2. The lowest BCUT2D eigenvalue weighted by atomic mass is 9.83. The summed E-state index contributed by atoms with van der Waals surface area (Å²) in [5.41, 5.74) is 7.37. The van der Waals surface area contributed by atoms with Crippen molar-refractivity contribution in [2.24, 2.45) is 23.0 Å². The van der Waals surface area contributed by atoms with Crippen LogP contribution in [-0.4, -0.2) is 175 Å². The number of carbonyl (C=O) groups is 8. The van der Waals surface area contributed by atoms with E-state index in [1.807, 2.05) is 69.5 Å². The number of carbonyl (C=O) groups excluding carboxylic acids is 6. The van der Waals surface area contributed by atoms with Crippen molar-refractivity contribution in [1.29, 1.82) is 0 Å². The number of halogens is 2. The van der Waals surface area contributed by atoms with Crippen LogP contribution in [0.2, 0.25) is 0 Å². The minimum absolute atomic E-state index is 0.0183. The standard InChI is InChI=1S/C56H79F2N7O14S/c1-37(2)41-32-50(69)65(53(41)71)21-16-47(66)60-19-23-77-25-27-79-29-28-78-26-24-76-22-17-49(68)61-44(54(72)73)14-15-48(67)62-45(55(74)75)35-80-36-51(70)64(20-9-18-59)52(56(3,4)5)46-30-39(42-31-40(57)12-13-43(42)58)34-63(46)33-38-10-7-6-8-11-38/h6-8,10-13,30-31,34,37,41,44-45,52H,9,14-29,32-33,35-36,59H2,1-5H3,(H,60,66)(H,61,68)(H,62,67)(H,72,73)(H,74,75)/t41?,44-,45-,52-/m0/s1. The number of rotatable bonds is 38. The van der Waals surface area contributed by atoms with Gasteiger partial charge in [0.15, 0.2) is 0 Å². The number of benzene rings is 2. The van der Waals surface area contributed by atoms with Gasteiger partial charge in [0.1, 0.15) is 23.7 Å². The molecule has 4 rings (SSSR count). The first-order valence-corrected chi connectivity index (χ1v) is 28.0. The Labute approximate surface area is 470 Å². The Hall–Kier alpha value is -6.31. The Balaban J connectivity index is 1.14. The number of nitrogens with one attached hydrogen (secondary N) is 3. The van der Waals surface area contributed by atoms with Gasteiger partial charge in [-0.25, -0.2) is 18.4 Å².